The van der Waals surface area contributed by atoms with E-state index in [1.54, 1.807) is 38.3 Å². The monoisotopic (exact) mass is 571 g/mol. The molecule has 0 unspecified atom stereocenters. The van der Waals surface area contributed by atoms with Crippen LogP contribution < -0.4 is 16.4 Å². The molecule has 10 heteroatoms. The molecule has 2 bridgehead atoms. The maximum absolute atomic E-state index is 13.0. The molecular formula is C31H45N3O7. The van der Waals surface area contributed by atoms with Crippen LogP contribution in [0.4, 0.5) is 16.2 Å². The van der Waals surface area contributed by atoms with E-state index in [0.717, 1.165) is 5.57 Å². The summed E-state index contributed by atoms with van der Waals surface area (Å²) in [6.45, 7) is 11.6. The Bertz CT molecular complexity index is 1170. The molecule has 226 valence electrons. The fourth-order valence-corrected chi connectivity index (χ4v) is 5.03. The van der Waals surface area contributed by atoms with Gasteiger partial charge in [-0.1, -0.05) is 44.2 Å². The summed E-state index contributed by atoms with van der Waals surface area (Å²) < 4.78 is 16.8. The summed E-state index contributed by atoms with van der Waals surface area (Å²) in [6.07, 6.45) is 7.80. The number of carbonyl (C=O) groups is 2. The molecule has 6 N–H and O–H groups in total. The molecular weight excluding hydrogens is 526 g/mol. The number of ether oxygens (including phenoxy) is 3. The van der Waals surface area contributed by atoms with Gasteiger partial charge in [0.05, 0.1) is 17.5 Å². The number of carbonyl (C=O) groups excluding carboxylic acids is 2. The van der Waals surface area contributed by atoms with E-state index in [-0.39, 0.29) is 35.1 Å². The van der Waals surface area contributed by atoms with Crippen molar-refractivity contribution in [3.8, 4) is 11.5 Å². The first kappa shape index (κ1) is 33.4. The van der Waals surface area contributed by atoms with E-state index in [2.05, 4.69) is 24.1 Å². The summed E-state index contributed by atoms with van der Waals surface area (Å²) in [5.41, 5.74) is 7.43. The quantitative estimate of drug-likeness (QED) is 0.178. The van der Waals surface area contributed by atoms with E-state index in [1.165, 1.54) is 13.2 Å². The Labute approximate surface area is 242 Å². The number of aromatic hydroxyl groups is 2. The van der Waals surface area contributed by atoms with Gasteiger partial charge in [0.15, 0.2) is 6.10 Å². The molecule has 0 saturated heterocycles. The van der Waals surface area contributed by atoms with Crippen molar-refractivity contribution in [1.29, 1.82) is 0 Å². The molecule has 10 nitrogen and oxygen atoms in total. The minimum absolute atomic E-state index is 0.0366. The van der Waals surface area contributed by atoms with Gasteiger partial charge in [-0.2, -0.15) is 0 Å². The van der Waals surface area contributed by atoms with Crippen LogP contribution in [0.25, 0.3) is 0 Å². The third-order valence-corrected chi connectivity index (χ3v) is 7.05. The summed E-state index contributed by atoms with van der Waals surface area (Å²) in [6, 6.07) is 1.32. The summed E-state index contributed by atoms with van der Waals surface area (Å²) in [5, 5.41) is 27.9. The lowest BCUT2D eigenvalue weighted by Crippen LogP contribution is -2.34. The smallest absolute Gasteiger partial charge is 0.405 e. The van der Waals surface area contributed by atoms with E-state index < -0.39 is 24.2 Å². The number of hydrogen-bond acceptors (Lipinski definition) is 8. The van der Waals surface area contributed by atoms with Crippen molar-refractivity contribution < 1.29 is 34.0 Å². The molecule has 1 aromatic carbocycles. The number of hydrogen-bond donors (Lipinski definition) is 5. The molecule has 0 spiro atoms. The zero-order valence-electron chi connectivity index (χ0n) is 24.9. The van der Waals surface area contributed by atoms with Crippen molar-refractivity contribution in [2.24, 2.45) is 17.6 Å². The van der Waals surface area contributed by atoms with E-state index in [4.69, 9.17) is 19.9 Å². The Morgan fingerprint density at radius 1 is 1.22 bits per heavy atom. The number of rotatable bonds is 6. The van der Waals surface area contributed by atoms with Crippen LogP contribution >= 0.6 is 0 Å². The predicted octanol–water partition coefficient (Wildman–Crippen LogP) is 5.19. The van der Waals surface area contributed by atoms with E-state index in [1.807, 2.05) is 19.9 Å². The first-order valence-electron chi connectivity index (χ1n) is 13.7. The van der Waals surface area contributed by atoms with E-state index in [9.17, 15) is 19.8 Å². The number of benzene rings is 1. The van der Waals surface area contributed by atoms with Gasteiger partial charge < -0.3 is 40.8 Å². The van der Waals surface area contributed by atoms with Crippen LogP contribution in [-0.2, 0) is 25.4 Å². The Morgan fingerprint density at radius 3 is 2.54 bits per heavy atom. The number of methoxy groups -OCH3 is 2. The minimum atomic E-state index is -0.925. The third-order valence-electron chi connectivity index (χ3n) is 7.05. The van der Waals surface area contributed by atoms with Crippen molar-refractivity contribution in [3.63, 3.8) is 0 Å². The van der Waals surface area contributed by atoms with E-state index in [0.29, 0.717) is 42.6 Å². The second-order valence-corrected chi connectivity index (χ2v) is 10.6. The van der Waals surface area contributed by atoms with Gasteiger partial charge in [-0.25, -0.2) is 4.79 Å². The van der Waals surface area contributed by atoms with Crippen molar-refractivity contribution in [1.82, 2.24) is 0 Å². The molecule has 1 aromatic rings. The zero-order chi connectivity index (χ0) is 30.7. The first-order valence-corrected chi connectivity index (χ1v) is 13.7. The fraction of sp³-hybridized carbons (Fsp3) is 0.484. The highest BCUT2D eigenvalue weighted by molar-refractivity contribution is 6.04. The molecule has 2 amide bonds. The molecule has 0 aromatic heterocycles. The molecule has 2 rings (SSSR count). The van der Waals surface area contributed by atoms with Crippen molar-refractivity contribution in [3.05, 3.63) is 59.7 Å². The number of anilines is 2. The number of fused-ring (bicyclic) bond motifs is 2. The molecule has 0 fully saturated rings. The van der Waals surface area contributed by atoms with Crippen molar-refractivity contribution in [2.45, 2.75) is 65.3 Å². The van der Waals surface area contributed by atoms with Crippen LogP contribution in [0.15, 0.2) is 54.2 Å². The molecule has 5 atom stereocenters. The van der Waals surface area contributed by atoms with Crippen LogP contribution in [0.2, 0.25) is 0 Å². The lowest BCUT2D eigenvalue weighted by molar-refractivity contribution is -0.112. The predicted molar refractivity (Wildman–Crippen MR) is 161 cm³/mol. The summed E-state index contributed by atoms with van der Waals surface area (Å²) in [7, 11) is 3.15. The lowest BCUT2D eigenvalue weighted by Gasteiger charge is -2.26. The van der Waals surface area contributed by atoms with Gasteiger partial charge in [0, 0.05) is 38.0 Å². The topological polar surface area (TPSA) is 152 Å². The Balaban J connectivity index is 2.61. The van der Waals surface area contributed by atoms with E-state index >= 15 is 0 Å². The SMILES string of the molecule is C=CCNc1c(O)cc2c(O)c1C[C@@H](C)C[C@H](OC)C[C@@H](C)/C=C(\C)[C@H](OC(N)=O)[C@@H](OC)/C=C\C=C(/C)C(=O)N2. The maximum atomic E-state index is 13.0. The summed E-state index contributed by atoms with van der Waals surface area (Å²) >= 11 is 0. The van der Waals surface area contributed by atoms with Crippen LogP contribution in [0.1, 0.15) is 46.1 Å². The van der Waals surface area contributed by atoms with Gasteiger partial charge in [-0.15, -0.1) is 6.58 Å². The van der Waals surface area contributed by atoms with Gasteiger partial charge >= 0.3 is 6.09 Å². The lowest BCUT2D eigenvalue weighted by atomic mass is 9.89. The number of phenols is 2. The molecule has 1 aliphatic heterocycles. The highest BCUT2D eigenvalue weighted by Gasteiger charge is 2.26. The Hall–Kier alpha value is -3.76. The minimum Gasteiger partial charge on any atom is -0.506 e. The molecule has 0 radical (unpaired) electrons. The number of nitrogens with one attached hydrogen (secondary N) is 2. The van der Waals surface area contributed by atoms with Crippen LogP contribution in [-0.4, -0.2) is 61.3 Å². The van der Waals surface area contributed by atoms with Crippen molar-refractivity contribution >= 4 is 23.4 Å². The van der Waals surface area contributed by atoms with Crippen LogP contribution in [0, 0.1) is 11.8 Å². The molecule has 1 aliphatic rings. The summed E-state index contributed by atoms with van der Waals surface area (Å²) in [5.74, 6) is -0.604. The largest absolute Gasteiger partial charge is 0.506 e. The number of amides is 2. The standard InChI is InChI=1S/C31H45N3O7/c1-8-12-33-27-23-16-19(3)15-22(39-6)14-18(2)13-21(5)29(41-31(32)38)26(40-7)11-9-10-20(4)30(37)34-24(28(23)36)17-25(27)35/h8-11,13,17-19,22,26,29,33,35-36H,1,12,14-16H2,2-7H3,(H2,32,38)(H,34,37)/b11-9-,20-10+,21-13+/t18-,19-,22+,26-,29-/m0/s1. The molecule has 0 saturated carbocycles. The highest BCUT2D eigenvalue weighted by atomic mass is 16.6. The molecule has 1 heterocycles. The number of allylic oxidation sites excluding steroid dienone is 3. The van der Waals surface area contributed by atoms with Gasteiger partial charge in [0.2, 0.25) is 0 Å². The average Bonchev–Trinajstić information content (AvgIpc) is 2.91. The number of phenolic OH excluding ortho intramolecular Hbond substituents is 2. The Morgan fingerprint density at radius 2 is 1.93 bits per heavy atom. The Kier molecular flexibility index (Phi) is 13.0. The van der Waals surface area contributed by atoms with Crippen LogP contribution in [0.3, 0.4) is 0 Å². The normalized spacial score (nSPS) is 27.9. The second-order valence-electron chi connectivity index (χ2n) is 10.6. The number of nitrogens with two attached hydrogens (primary N) is 1. The molecule has 41 heavy (non-hydrogen) atoms. The third kappa shape index (κ3) is 9.68. The van der Waals surface area contributed by atoms with Crippen molar-refractivity contribution in [2.75, 3.05) is 31.4 Å². The average molecular weight is 572 g/mol. The number of primary amides is 1. The molecule has 0 aliphatic carbocycles. The van der Waals surface area contributed by atoms with Gasteiger partial charge in [0.25, 0.3) is 5.91 Å². The maximum Gasteiger partial charge on any atom is 0.405 e. The van der Waals surface area contributed by atoms with Gasteiger partial charge in [-0.3, -0.25) is 4.79 Å². The fourth-order valence-electron chi connectivity index (χ4n) is 5.03. The van der Waals surface area contributed by atoms with Crippen LogP contribution in [0.5, 0.6) is 11.5 Å². The zero-order valence-corrected chi connectivity index (χ0v) is 24.9. The van der Waals surface area contributed by atoms with Gasteiger partial charge in [-0.05, 0) is 50.5 Å². The first-order chi connectivity index (χ1) is 19.4. The second kappa shape index (κ2) is 15.9. The highest BCUT2D eigenvalue weighted by Crippen LogP contribution is 2.42. The van der Waals surface area contributed by atoms with Gasteiger partial charge in [0.1, 0.15) is 17.6 Å². The summed E-state index contributed by atoms with van der Waals surface area (Å²) in [4.78, 5) is 24.7.